The fourth-order valence-electron chi connectivity index (χ4n) is 2.95. The Bertz CT molecular complexity index is 553. The van der Waals surface area contributed by atoms with Gasteiger partial charge in [0, 0.05) is 0 Å². The number of fused-ring (bicyclic) bond motifs is 1. The van der Waals surface area contributed by atoms with Crippen LogP contribution < -0.4 is 26.5 Å². The summed E-state index contributed by atoms with van der Waals surface area (Å²) in [5, 5.41) is 3.16. The van der Waals surface area contributed by atoms with Crippen LogP contribution in [-0.2, 0) is 4.74 Å². The van der Waals surface area contributed by atoms with Crippen molar-refractivity contribution in [3.05, 3.63) is 35.9 Å². The van der Waals surface area contributed by atoms with Crippen molar-refractivity contribution in [2.45, 2.75) is 21.6 Å². The number of esters is 1. The molecule has 1 aromatic rings. The molecule has 0 aromatic heterocycles. The van der Waals surface area contributed by atoms with E-state index in [2.05, 4.69) is 11.6 Å². The molecule has 3 atom stereocenters. The van der Waals surface area contributed by atoms with Gasteiger partial charge >= 0.3 is 139 Å². The third kappa shape index (κ3) is 2.92. The quantitative estimate of drug-likeness (QED) is 0.236. The van der Waals surface area contributed by atoms with Gasteiger partial charge in [0.25, 0.3) is 0 Å². The molecular formula is C15H17INO3S-. The molecule has 3 unspecified atom stereocenters. The molecule has 0 radical (unpaired) electrons. The number of rotatable bonds is 4. The van der Waals surface area contributed by atoms with Crippen molar-refractivity contribution in [1.82, 2.24) is 5.32 Å². The fraction of sp³-hybridized carbons (Fsp3) is 0.467. The van der Waals surface area contributed by atoms with Crippen LogP contribution in [-0.4, -0.2) is 31.5 Å². The van der Waals surface area contributed by atoms with E-state index in [1.807, 2.05) is 18.2 Å². The summed E-state index contributed by atoms with van der Waals surface area (Å²) in [5.41, 5.74) is 0.585. The third-order valence-electron chi connectivity index (χ3n) is 4.07. The standard InChI is InChI=1S/C15H17INO3S/c1-21-15-8-7-11(12(15)16-14(19)17-15)9-20-13(18)10-5-3-2-4-6-10/h2-6,11-12H,7-9H2,1H3,(H,17,19)/q-1. The second-order valence-corrected chi connectivity index (χ2v) is 9.35. The zero-order chi connectivity index (χ0) is 14.9. The molecule has 2 fully saturated rings. The molecule has 21 heavy (non-hydrogen) atoms. The molecule has 0 spiro atoms. The van der Waals surface area contributed by atoms with Crippen molar-refractivity contribution >= 4 is 21.6 Å². The molecule has 4 nitrogen and oxygen atoms in total. The Morgan fingerprint density at radius 1 is 1.48 bits per heavy atom. The van der Waals surface area contributed by atoms with Crippen molar-refractivity contribution < 1.29 is 35.5 Å². The summed E-state index contributed by atoms with van der Waals surface area (Å²) in [6, 6.07) is 9.06. The second kappa shape index (κ2) is 6.16. The van der Waals surface area contributed by atoms with Crippen molar-refractivity contribution in [2.24, 2.45) is 5.92 Å². The number of nitrogens with one attached hydrogen (secondary N) is 1. The van der Waals surface area contributed by atoms with Crippen LogP contribution in [0.1, 0.15) is 23.2 Å². The maximum absolute atomic E-state index is 12.0. The normalized spacial score (nSPS) is 31.2. The van der Waals surface area contributed by atoms with Crippen LogP contribution in [0.25, 0.3) is 0 Å². The first-order valence-corrected chi connectivity index (χ1v) is 10.4. The fourth-order valence-corrected chi connectivity index (χ4v) is 8.42. The van der Waals surface area contributed by atoms with Crippen LogP contribution in [0.4, 0.5) is 4.79 Å². The summed E-state index contributed by atoms with van der Waals surface area (Å²) in [6.45, 7) is 0.426. The first kappa shape index (κ1) is 15.1. The van der Waals surface area contributed by atoms with E-state index in [1.165, 1.54) is 0 Å². The molecule has 1 saturated carbocycles. The Hall–Kier alpha value is -0.760. The Balaban J connectivity index is 1.62. The van der Waals surface area contributed by atoms with Crippen molar-refractivity contribution in [1.29, 1.82) is 0 Å². The Labute approximate surface area is 138 Å². The summed E-state index contributed by atoms with van der Waals surface area (Å²) < 4.78 is 6.08. The first-order chi connectivity index (χ1) is 10.1. The monoisotopic (exact) mass is 418 g/mol. The van der Waals surface area contributed by atoms with E-state index < -0.39 is 21.2 Å². The number of hydrogen-bond acceptors (Lipinski definition) is 4. The molecule has 1 aliphatic carbocycles. The van der Waals surface area contributed by atoms with Gasteiger partial charge < -0.3 is 0 Å². The molecule has 2 aliphatic rings. The molecule has 1 heterocycles. The van der Waals surface area contributed by atoms with Gasteiger partial charge in [0.15, 0.2) is 0 Å². The zero-order valence-electron chi connectivity index (χ0n) is 11.7. The molecule has 1 aromatic carbocycles. The van der Waals surface area contributed by atoms with Gasteiger partial charge in [-0.15, -0.1) is 0 Å². The number of benzene rings is 1. The number of amides is 1. The SMILES string of the molecule is CSC12CCC(COC(=O)c3ccccc3)C1[I-]C(=O)N2. The molecule has 1 aliphatic heterocycles. The Kier molecular flexibility index (Phi) is 4.44. The molecule has 1 saturated heterocycles. The van der Waals surface area contributed by atoms with Crippen LogP contribution in [0.2, 0.25) is 0 Å². The van der Waals surface area contributed by atoms with Gasteiger partial charge in [-0.25, -0.2) is 0 Å². The summed E-state index contributed by atoms with van der Waals surface area (Å²) in [7, 11) is 0. The zero-order valence-corrected chi connectivity index (χ0v) is 14.6. The molecule has 0 bridgehead atoms. The average molecular weight is 418 g/mol. The third-order valence-corrected chi connectivity index (χ3v) is 9.37. The number of carbonyl (C=O) groups is 2. The Morgan fingerprint density at radius 2 is 2.24 bits per heavy atom. The van der Waals surface area contributed by atoms with E-state index in [4.69, 9.17) is 4.74 Å². The number of halogens is 1. The predicted molar refractivity (Wildman–Crippen MR) is 78.0 cm³/mol. The van der Waals surface area contributed by atoms with Crippen LogP contribution >= 0.6 is 11.8 Å². The number of hydrogen-bond donors (Lipinski definition) is 1. The first-order valence-electron chi connectivity index (χ1n) is 6.87. The van der Waals surface area contributed by atoms with Crippen molar-refractivity contribution in [3.63, 3.8) is 0 Å². The molecule has 114 valence electrons. The Morgan fingerprint density at radius 3 is 2.95 bits per heavy atom. The molecule has 3 rings (SSSR count). The van der Waals surface area contributed by atoms with Crippen LogP contribution in [0.5, 0.6) is 0 Å². The van der Waals surface area contributed by atoms with E-state index in [0.29, 0.717) is 22.0 Å². The summed E-state index contributed by atoms with van der Waals surface area (Å²) in [6.07, 6.45) is 4.06. The second-order valence-electron chi connectivity index (χ2n) is 5.27. The van der Waals surface area contributed by atoms with Crippen molar-refractivity contribution in [2.75, 3.05) is 12.9 Å². The van der Waals surface area contributed by atoms with Gasteiger partial charge in [-0.3, -0.25) is 0 Å². The van der Waals surface area contributed by atoms with Gasteiger partial charge in [0.2, 0.25) is 0 Å². The molecule has 6 heteroatoms. The number of ether oxygens (including phenoxy) is 1. The van der Waals surface area contributed by atoms with Gasteiger partial charge in [-0.1, -0.05) is 0 Å². The topological polar surface area (TPSA) is 55.4 Å². The molecular weight excluding hydrogens is 401 g/mol. The van der Waals surface area contributed by atoms with Crippen LogP contribution in [0.15, 0.2) is 30.3 Å². The van der Waals surface area contributed by atoms with Crippen LogP contribution in [0.3, 0.4) is 0 Å². The summed E-state index contributed by atoms with van der Waals surface area (Å²) >= 11 is 1.23. The minimum atomic E-state index is -0.510. The predicted octanol–water partition coefficient (Wildman–Crippen LogP) is -0.506. The van der Waals surface area contributed by atoms with Crippen LogP contribution in [0, 0.1) is 5.92 Å². The minimum absolute atomic E-state index is 0.0891. The van der Waals surface area contributed by atoms with Crippen molar-refractivity contribution in [3.8, 4) is 0 Å². The number of alkyl halides is 1. The summed E-state index contributed by atoms with van der Waals surface area (Å²) in [5.74, 6) is 0.0459. The van der Waals surface area contributed by atoms with E-state index in [0.717, 1.165) is 12.8 Å². The van der Waals surface area contributed by atoms with E-state index >= 15 is 0 Å². The van der Waals surface area contributed by atoms with Gasteiger partial charge in [-0.05, 0) is 0 Å². The molecule has 1 N–H and O–H groups in total. The molecule has 1 amide bonds. The maximum atomic E-state index is 12.0. The van der Waals surface area contributed by atoms with Gasteiger partial charge in [0.05, 0.1) is 0 Å². The van der Waals surface area contributed by atoms with E-state index in [1.54, 1.807) is 23.9 Å². The summed E-state index contributed by atoms with van der Waals surface area (Å²) in [4.78, 5) is 23.7. The van der Waals surface area contributed by atoms with E-state index in [-0.39, 0.29) is 14.8 Å². The number of thioether (sulfide) groups is 1. The van der Waals surface area contributed by atoms with Gasteiger partial charge in [-0.2, -0.15) is 0 Å². The van der Waals surface area contributed by atoms with E-state index in [9.17, 15) is 9.59 Å². The van der Waals surface area contributed by atoms with Gasteiger partial charge in [0.1, 0.15) is 0 Å². The average Bonchev–Trinajstić information content (AvgIpc) is 3.00. The number of carbonyl (C=O) groups excluding carboxylic acids is 2.